The number of nitrogens with one attached hydrogen (secondary N) is 2. The molecule has 2 aromatic carbocycles. The standard InChI is InChI=1S/C24H21F3N4OS/c1-2-3-20-22(15-6-9-19-16(11-15)12-21(32)30-19)33-23(31-20)29-13-18(28)10-14-4-7-17(8-5-14)24(25,26)27/h4-9,11,18H,10,12-13,28H2,1H3,(H,29,31)(H,30,32)/t18-/m1/s1. The van der Waals surface area contributed by atoms with Gasteiger partial charge in [0.1, 0.15) is 5.69 Å². The van der Waals surface area contributed by atoms with Gasteiger partial charge in [0.25, 0.3) is 0 Å². The molecule has 0 unspecified atom stereocenters. The molecule has 0 saturated heterocycles. The monoisotopic (exact) mass is 470 g/mol. The molecule has 5 nitrogen and oxygen atoms in total. The molecule has 4 N–H and O–H groups in total. The molecule has 170 valence electrons. The second-order valence-electron chi connectivity index (χ2n) is 7.71. The minimum Gasteiger partial charge on any atom is -0.360 e. The van der Waals surface area contributed by atoms with Gasteiger partial charge in [-0.25, -0.2) is 4.98 Å². The van der Waals surface area contributed by atoms with Crippen LogP contribution in [0.1, 0.15) is 29.3 Å². The van der Waals surface area contributed by atoms with Crippen LogP contribution in [-0.4, -0.2) is 23.5 Å². The van der Waals surface area contributed by atoms with Crippen LogP contribution in [0.2, 0.25) is 0 Å². The van der Waals surface area contributed by atoms with E-state index in [0.717, 1.165) is 39.4 Å². The molecule has 1 aliphatic rings. The number of fused-ring (bicyclic) bond motifs is 1. The molecule has 33 heavy (non-hydrogen) atoms. The molecular weight excluding hydrogens is 449 g/mol. The van der Waals surface area contributed by atoms with E-state index in [2.05, 4.69) is 27.5 Å². The first-order chi connectivity index (χ1) is 15.7. The minimum absolute atomic E-state index is 0.0237. The van der Waals surface area contributed by atoms with Crippen molar-refractivity contribution < 1.29 is 18.0 Å². The molecule has 0 spiro atoms. The number of halogens is 3. The highest BCUT2D eigenvalue weighted by Crippen LogP contribution is 2.36. The Morgan fingerprint density at radius 2 is 2.00 bits per heavy atom. The molecule has 1 atom stereocenters. The Morgan fingerprint density at radius 3 is 2.70 bits per heavy atom. The summed E-state index contributed by atoms with van der Waals surface area (Å²) in [5, 5.41) is 6.69. The van der Waals surface area contributed by atoms with E-state index in [9.17, 15) is 18.0 Å². The number of carbonyl (C=O) groups is 1. The van der Waals surface area contributed by atoms with Gasteiger partial charge in [-0.1, -0.05) is 35.5 Å². The number of amides is 1. The van der Waals surface area contributed by atoms with Crippen LogP contribution < -0.4 is 16.4 Å². The summed E-state index contributed by atoms with van der Waals surface area (Å²) in [4.78, 5) is 17.1. The Hall–Kier alpha value is -3.35. The van der Waals surface area contributed by atoms with Gasteiger partial charge in [0, 0.05) is 18.3 Å². The Bertz CT molecular complexity index is 1240. The number of hydrogen-bond donors (Lipinski definition) is 3. The third-order valence-electron chi connectivity index (χ3n) is 5.16. The Morgan fingerprint density at radius 1 is 1.24 bits per heavy atom. The van der Waals surface area contributed by atoms with Gasteiger partial charge in [-0.3, -0.25) is 4.79 Å². The Kier molecular flexibility index (Phi) is 6.40. The summed E-state index contributed by atoms with van der Waals surface area (Å²) >= 11 is 1.44. The van der Waals surface area contributed by atoms with E-state index < -0.39 is 11.7 Å². The van der Waals surface area contributed by atoms with Crippen molar-refractivity contribution in [1.29, 1.82) is 0 Å². The van der Waals surface area contributed by atoms with Crippen LogP contribution in [0, 0.1) is 11.8 Å². The van der Waals surface area contributed by atoms with Gasteiger partial charge in [0.15, 0.2) is 5.13 Å². The van der Waals surface area contributed by atoms with Crippen molar-refractivity contribution in [3.05, 3.63) is 64.8 Å². The first kappa shape index (κ1) is 22.8. The average Bonchev–Trinajstić information content (AvgIpc) is 3.34. The summed E-state index contributed by atoms with van der Waals surface area (Å²) in [6.45, 7) is 2.14. The van der Waals surface area contributed by atoms with Crippen LogP contribution in [0.25, 0.3) is 10.4 Å². The first-order valence-corrected chi connectivity index (χ1v) is 11.1. The number of thiazole rings is 1. The fourth-order valence-electron chi connectivity index (χ4n) is 3.59. The lowest BCUT2D eigenvalue weighted by Gasteiger charge is -2.13. The van der Waals surface area contributed by atoms with Crippen molar-refractivity contribution in [2.24, 2.45) is 5.73 Å². The van der Waals surface area contributed by atoms with E-state index in [1.807, 2.05) is 18.2 Å². The number of benzene rings is 2. The molecule has 0 fully saturated rings. The quantitative estimate of drug-likeness (QED) is 0.457. The maximum atomic E-state index is 12.7. The summed E-state index contributed by atoms with van der Waals surface area (Å²) in [5.41, 5.74) is 9.58. The molecule has 4 rings (SSSR count). The predicted molar refractivity (Wildman–Crippen MR) is 124 cm³/mol. The molecule has 0 radical (unpaired) electrons. The van der Waals surface area contributed by atoms with Crippen molar-refractivity contribution in [1.82, 2.24) is 4.98 Å². The van der Waals surface area contributed by atoms with Crippen LogP contribution >= 0.6 is 11.3 Å². The fraction of sp³-hybridized carbons (Fsp3) is 0.250. The molecule has 1 aliphatic heterocycles. The van der Waals surface area contributed by atoms with Gasteiger partial charge in [-0.05, 0) is 60.2 Å². The zero-order chi connectivity index (χ0) is 23.6. The van der Waals surface area contributed by atoms with Crippen molar-refractivity contribution >= 4 is 28.1 Å². The number of anilines is 2. The van der Waals surface area contributed by atoms with Crippen LogP contribution in [0.15, 0.2) is 42.5 Å². The highest BCUT2D eigenvalue weighted by Gasteiger charge is 2.30. The number of hydrogen-bond acceptors (Lipinski definition) is 5. The zero-order valence-electron chi connectivity index (χ0n) is 17.7. The molecule has 3 aromatic rings. The van der Waals surface area contributed by atoms with Crippen LogP contribution in [-0.2, 0) is 23.8 Å². The maximum Gasteiger partial charge on any atom is 0.416 e. The third-order valence-corrected chi connectivity index (χ3v) is 6.22. The maximum absolute atomic E-state index is 12.7. The van der Waals surface area contributed by atoms with Crippen LogP contribution in [0.4, 0.5) is 24.0 Å². The first-order valence-electron chi connectivity index (χ1n) is 10.2. The normalized spacial score (nSPS) is 13.7. The smallest absolute Gasteiger partial charge is 0.360 e. The summed E-state index contributed by atoms with van der Waals surface area (Å²) in [6, 6.07) is 10.5. The van der Waals surface area contributed by atoms with E-state index in [1.54, 1.807) is 6.92 Å². The molecule has 0 aliphatic carbocycles. The zero-order valence-corrected chi connectivity index (χ0v) is 18.5. The van der Waals surface area contributed by atoms with Gasteiger partial charge in [0.05, 0.1) is 16.9 Å². The second kappa shape index (κ2) is 9.25. The largest absolute Gasteiger partial charge is 0.416 e. The topological polar surface area (TPSA) is 80.0 Å². The van der Waals surface area contributed by atoms with E-state index in [-0.39, 0.29) is 11.9 Å². The van der Waals surface area contributed by atoms with E-state index >= 15 is 0 Å². The Labute approximate surface area is 193 Å². The van der Waals surface area contributed by atoms with E-state index in [4.69, 9.17) is 5.73 Å². The molecular formula is C24H21F3N4OS. The highest BCUT2D eigenvalue weighted by atomic mass is 32.1. The molecule has 0 saturated carbocycles. The average molecular weight is 471 g/mol. The number of carbonyl (C=O) groups excluding carboxylic acids is 1. The third kappa shape index (κ3) is 5.35. The van der Waals surface area contributed by atoms with E-state index in [0.29, 0.717) is 30.2 Å². The van der Waals surface area contributed by atoms with Gasteiger partial charge < -0.3 is 16.4 Å². The van der Waals surface area contributed by atoms with Crippen molar-refractivity contribution in [2.75, 3.05) is 17.2 Å². The number of alkyl halides is 3. The molecule has 1 aromatic heterocycles. The Balaban J connectivity index is 1.44. The van der Waals surface area contributed by atoms with Crippen LogP contribution in [0.5, 0.6) is 0 Å². The number of aromatic nitrogens is 1. The lowest BCUT2D eigenvalue weighted by Crippen LogP contribution is -2.31. The van der Waals surface area contributed by atoms with Crippen LogP contribution in [0.3, 0.4) is 0 Å². The molecule has 9 heteroatoms. The molecule has 2 heterocycles. The van der Waals surface area contributed by atoms with Gasteiger partial charge in [-0.15, -0.1) is 0 Å². The van der Waals surface area contributed by atoms with Gasteiger partial charge >= 0.3 is 6.18 Å². The van der Waals surface area contributed by atoms with Gasteiger partial charge in [0.2, 0.25) is 5.91 Å². The number of rotatable bonds is 6. The number of nitrogens with zero attached hydrogens (tertiary/aromatic N) is 1. The lowest BCUT2D eigenvalue weighted by atomic mass is 10.0. The molecule has 0 bridgehead atoms. The highest BCUT2D eigenvalue weighted by molar-refractivity contribution is 7.19. The van der Waals surface area contributed by atoms with Gasteiger partial charge in [-0.2, -0.15) is 13.2 Å². The fourth-order valence-corrected chi connectivity index (χ4v) is 4.51. The van der Waals surface area contributed by atoms with Crippen molar-refractivity contribution in [3.8, 4) is 22.3 Å². The molecule has 1 amide bonds. The summed E-state index contributed by atoms with van der Waals surface area (Å²) in [6.07, 6.45) is -3.58. The van der Waals surface area contributed by atoms with E-state index in [1.165, 1.54) is 23.5 Å². The summed E-state index contributed by atoms with van der Waals surface area (Å²) < 4.78 is 38.2. The van der Waals surface area contributed by atoms with Crippen molar-refractivity contribution in [2.45, 2.75) is 32.0 Å². The SMILES string of the molecule is CC#Cc1nc(NC[C@H](N)Cc2ccc(C(F)(F)F)cc2)sc1-c1ccc2c(c1)CC(=O)N2. The predicted octanol–water partition coefficient (Wildman–Crippen LogP) is 4.68. The summed E-state index contributed by atoms with van der Waals surface area (Å²) in [7, 11) is 0. The summed E-state index contributed by atoms with van der Waals surface area (Å²) in [5.74, 6) is 5.87. The number of nitrogens with two attached hydrogens (primary N) is 1. The lowest BCUT2D eigenvalue weighted by molar-refractivity contribution is -0.137. The second-order valence-corrected chi connectivity index (χ2v) is 8.71. The minimum atomic E-state index is -4.35. The van der Waals surface area contributed by atoms with Crippen molar-refractivity contribution in [3.63, 3.8) is 0 Å².